The molecule has 1 atom stereocenters. The number of carbonyl (C=O) groups excluding carboxylic acids is 2. The number of nitrogens with zero attached hydrogens (tertiary/aromatic N) is 2. The molecule has 0 N–H and O–H groups in total. The average Bonchev–Trinajstić information content (AvgIpc) is 2.94. The molecule has 0 saturated carbocycles. The summed E-state index contributed by atoms with van der Waals surface area (Å²) in [6.07, 6.45) is 2.97. The molecule has 1 aromatic carbocycles. The predicted octanol–water partition coefficient (Wildman–Crippen LogP) is 3.28. The van der Waals surface area contributed by atoms with Crippen molar-refractivity contribution in [3.05, 3.63) is 65.5 Å². The van der Waals surface area contributed by atoms with E-state index in [2.05, 4.69) is 34.0 Å². The third kappa shape index (κ3) is 4.05. The second-order valence-electron chi connectivity index (χ2n) is 6.23. The lowest BCUT2D eigenvalue weighted by atomic mass is 9.92. The summed E-state index contributed by atoms with van der Waals surface area (Å²) in [4.78, 5) is 30.4. The molecule has 1 saturated heterocycles. The molecular weight excluding hydrogens is 316 g/mol. The predicted molar refractivity (Wildman–Crippen MR) is 94.5 cm³/mol. The van der Waals surface area contributed by atoms with Crippen LogP contribution in [0.3, 0.4) is 0 Å². The van der Waals surface area contributed by atoms with Crippen LogP contribution in [0.25, 0.3) is 0 Å². The van der Waals surface area contributed by atoms with Gasteiger partial charge >= 0.3 is 5.97 Å². The quantitative estimate of drug-likeness (QED) is 0.806. The number of aromatic nitrogens is 1. The third-order valence-corrected chi connectivity index (χ3v) is 4.65. The maximum Gasteiger partial charge on any atom is 0.356 e. The van der Waals surface area contributed by atoms with Gasteiger partial charge in [-0.3, -0.25) is 4.79 Å². The molecule has 25 heavy (non-hydrogen) atoms. The highest BCUT2D eigenvalue weighted by Crippen LogP contribution is 2.28. The zero-order valence-corrected chi connectivity index (χ0v) is 14.4. The van der Waals surface area contributed by atoms with Gasteiger partial charge in [-0.25, -0.2) is 9.78 Å². The summed E-state index contributed by atoms with van der Waals surface area (Å²) in [6.45, 7) is 1.41. The number of hydrogen-bond acceptors (Lipinski definition) is 4. The van der Waals surface area contributed by atoms with Crippen LogP contribution in [-0.4, -0.2) is 42.0 Å². The van der Waals surface area contributed by atoms with E-state index in [4.69, 9.17) is 0 Å². The fourth-order valence-corrected chi connectivity index (χ4v) is 3.29. The van der Waals surface area contributed by atoms with E-state index in [1.54, 1.807) is 18.2 Å². The Bertz CT molecular complexity index is 746. The number of benzene rings is 1. The first kappa shape index (κ1) is 17.1. The molecule has 1 amide bonds. The Balaban J connectivity index is 1.70. The van der Waals surface area contributed by atoms with Crippen molar-refractivity contribution in [3.8, 4) is 0 Å². The van der Waals surface area contributed by atoms with Gasteiger partial charge in [0.2, 0.25) is 0 Å². The van der Waals surface area contributed by atoms with E-state index < -0.39 is 5.97 Å². The summed E-state index contributed by atoms with van der Waals surface area (Å²) in [5.41, 5.74) is 1.79. The normalized spacial score (nSPS) is 17.6. The van der Waals surface area contributed by atoms with E-state index in [1.165, 1.54) is 12.7 Å². The Kier molecular flexibility index (Phi) is 5.43. The molecule has 1 fully saturated rings. The van der Waals surface area contributed by atoms with Crippen molar-refractivity contribution in [2.24, 2.45) is 0 Å². The summed E-state index contributed by atoms with van der Waals surface area (Å²) in [5, 5.41) is 0. The molecule has 130 valence electrons. The number of amides is 1. The van der Waals surface area contributed by atoms with E-state index in [1.807, 2.05) is 11.0 Å². The monoisotopic (exact) mass is 338 g/mol. The van der Waals surface area contributed by atoms with E-state index in [0.29, 0.717) is 24.7 Å². The standard InChI is InChI=1S/C20H22N2O3/c1-25-20(24)18-11-5-10-17(21-18)19(23)22-13-6-9-16(12-14-22)15-7-3-2-4-8-15/h2-5,7-8,10-11,16H,6,9,12-14H2,1H3/t16-/m0/s1. The largest absolute Gasteiger partial charge is 0.464 e. The number of esters is 1. The SMILES string of the molecule is COC(=O)c1cccc(C(=O)N2CCC[C@H](c3ccccc3)CC2)n1. The van der Waals surface area contributed by atoms with E-state index in [0.717, 1.165) is 19.3 Å². The van der Waals surface area contributed by atoms with Gasteiger partial charge in [0.1, 0.15) is 11.4 Å². The molecule has 3 rings (SSSR count). The minimum absolute atomic E-state index is 0.125. The number of likely N-dealkylation sites (tertiary alicyclic amines) is 1. The van der Waals surface area contributed by atoms with Gasteiger partial charge in [0.25, 0.3) is 5.91 Å². The van der Waals surface area contributed by atoms with Crippen LogP contribution in [0.4, 0.5) is 0 Å². The summed E-state index contributed by atoms with van der Waals surface area (Å²) in [6, 6.07) is 15.3. The molecule has 2 heterocycles. The zero-order chi connectivity index (χ0) is 17.6. The lowest BCUT2D eigenvalue weighted by Crippen LogP contribution is -2.32. The minimum atomic E-state index is -0.533. The van der Waals surface area contributed by atoms with Crippen LogP contribution >= 0.6 is 0 Å². The van der Waals surface area contributed by atoms with Crippen LogP contribution in [0.5, 0.6) is 0 Å². The Morgan fingerprint density at radius 1 is 1.00 bits per heavy atom. The molecule has 1 aliphatic rings. The highest BCUT2D eigenvalue weighted by molar-refractivity contribution is 5.94. The Morgan fingerprint density at radius 3 is 2.52 bits per heavy atom. The molecule has 5 heteroatoms. The number of hydrogen-bond donors (Lipinski definition) is 0. The smallest absolute Gasteiger partial charge is 0.356 e. The zero-order valence-electron chi connectivity index (χ0n) is 14.4. The molecule has 2 aromatic rings. The van der Waals surface area contributed by atoms with Crippen LogP contribution in [0, 0.1) is 0 Å². The van der Waals surface area contributed by atoms with E-state index >= 15 is 0 Å². The van der Waals surface area contributed by atoms with E-state index in [-0.39, 0.29) is 11.6 Å². The second kappa shape index (κ2) is 7.92. The third-order valence-electron chi connectivity index (χ3n) is 4.65. The second-order valence-corrected chi connectivity index (χ2v) is 6.23. The fourth-order valence-electron chi connectivity index (χ4n) is 3.29. The van der Waals surface area contributed by atoms with Gasteiger partial charge in [-0.1, -0.05) is 36.4 Å². The molecule has 1 aromatic heterocycles. The first-order valence-corrected chi connectivity index (χ1v) is 8.58. The number of ether oxygens (including phenoxy) is 1. The fraction of sp³-hybridized carbons (Fsp3) is 0.350. The van der Waals surface area contributed by atoms with Gasteiger partial charge in [-0.05, 0) is 42.9 Å². The molecule has 0 radical (unpaired) electrons. The number of methoxy groups -OCH3 is 1. The van der Waals surface area contributed by atoms with Gasteiger partial charge < -0.3 is 9.64 Å². The van der Waals surface area contributed by atoms with Crippen molar-refractivity contribution in [2.75, 3.05) is 20.2 Å². The summed E-state index contributed by atoms with van der Waals surface area (Å²) >= 11 is 0. The van der Waals surface area contributed by atoms with Crippen LogP contribution < -0.4 is 0 Å². The topological polar surface area (TPSA) is 59.5 Å². The van der Waals surface area contributed by atoms with Crippen LogP contribution in [0.1, 0.15) is 51.7 Å². The number of carbonyl (C=O) groups is 2. The Hall–Kier alpha value is -2.69. The first-order chi connectivity index (χ1) is 12.2. The summed E-state index contributed by atoms with van der Waals surface area (Å²) in [7, 11) is 1.30. The molecule has 0 aliphatic carbocycles. The minimum Gasteiger partial charge on any atom is -0.464 e. The summed E-state index contributed by atoms with van der Waals surface area (Å²) < 4.78 is 4.67. The van der Waals surface area contributed by atoms with E-state index in [9.17, 15) is 9.59 Å². The molecule has 1 aliphatic heterocycles. The van der Waals surface area contributed by atoms with Gasteiger partial charge in [0.15, 0.2) is 0 Å². The molecule has 0 bridgehead atoms. The molecule has 0 unspecified atom stereocenters. The van der Waals surface area contributed by atoms with Crippen molar-refractivity contribution in [3.63, 3.8) is 0 Å². The molecule has 0 spiro atoms. The van der Waals surface area contributed by atoms with Gasteiger partial charge in [0, 0.05) is 13.1 Å². The number of pyridine rings is 1. The van der Waals surface area contributed by atoms with Crippen molar-refractivity contribution >= 4 is 11.9 Å². The van der Waals surface area contributed by atoms with Crippen LogP contribution in [0.15, 0.2) is 48.5 Å². The highest BCUT2D eigenvalue weighted by atomic mass is 16.5. The Labute approximate surface area is 147 Å². The molecule has 5 nitrogen and oxygen atoms in total. The van der Waals surface area contributed by atoms with Crippen LogP contribution in [-0.2, 0) is 4.74 Å². The highest BCUT2D eigenvalue weighted by Gasteiger charge is 2.23. The first-order valence-electron chi connectivity index (χ1n) is 8.58. The molecular formula is C20H22N2O3. The lowest BCUT2D eigenvalue weighted by Gasteiger charge is -2.20. The van der Waals surface area contributed by atoms with Crippen LogP contribution in [0.2, 0.25) is 0 Å². The van der Waals surface area contributed by atoms with Crippen molar-refractivity contribution in [2.45, 2.75) is 25.2 Å². The summed E-state index contributed by atoms with van der Waals surface area (Å²) in [5.74, 6) is -0.178. The van der Waals surface area contributed by atoms with Crippen molar-refractivity contribution in [1.29, 1.82) is 0 Å². The Morgan fingerprint density at radius 2 is 1.76 bits per heavy atom. The van der Waals surface area contributed by atoms with Gasteiger partial charge in [0.05, 0.1) is 7.11 Å². The number of rotatable bonds is 3. The van der Waals surface area contributed by atoms with Crippen molar-refractivity contribution < 1.29 is 14.3 Å². The average molecular weight is 338 g/mol. The maximum absolute atomic E-state index is 12.8. The maximum atomic E-state index is 12.8. The lowest BCUT2D eigenvalue weighted by molar-refractivity contribution is 0.0593. The van der Waals surface area contributed by atoms with Crippen molar-refractivity contribution in [1.82, 2.24) is 9.88 Å². The van der Waals surface area contributed by atoms with Gasteiger partial charge in [-0.15, -0.1) is 0 Å². The van der Waals surface area contributed by atoms with Gasteiger partial charge in [-0.2, -0.15) is 0 Å².